The van der Waals surface area contributed by atoms with E-state index < -0.39 is 5.91 Å². The number of nitrogens with one attached hydrogen (secondary N) is 1. The molecule has 0 aliphatic carbocycles. The first-order chi connectivity index (χ1) is 10.4. The van der Waals surface area contributed by atoms with Crippen molar-refractivity contribution >= 4 is 12.0 Å². The number of ether oxygens (including phenoxy) is 1. The van der Waals surface area contributed by atoms with Crippen LogP contribution in [0, 0.1) is 11.3 Å². The number of allylic oxidation sites excluding steroid dienone is 1. The van der Waals surface area contributed by atoms with E-state index in [9.17, 15) is 9.90 Å². The summed E-state index contributed by atoms with van der Waals surface area (Å²) < 4.78 is 5.12. The second kappa shape index (κ2) is 7.89. The molecule has 5 heteroatoms. The summed E-state index contributed by atoms with van der Waals surface area (Å²) >= 11 is 0. The van der Waals surface area contributed by atoms with E-state index in [-0.39, 0.29) is 23.1 Å². The number of amides is 1. The SMILES string of the molecule is C=CCc1cc(/C=C(\C#N)C(=O)NC(C)C)cc(OC)c1O. The van der Waals surface area contributed by atoms with Crippen LogP contribution in [0.5, 0.6) is 11.5 Å². The predicted octanol–water partition coefficient (Wildman–Crippen LogP) is 2.56. The van der Waals surface area contributed by atoms with Gasteiger partial charge in [-0.15, -0.1) is 6.58 Å². The third kappa shape index (κ3) is 4.38. The summed E-state index contributed by atoms with van der Waals surface area (Å²) in [4.78, 5) is 11.9. The number of nitriles is 1. The molecule has 2 N–H and O–H groups in total. The molecule has 0 radical (unpaired) electrons. The summed E-state index contributed by atoms with van der Waals surface area (Å²) in [6.07, 6.45) is 3.56. The molecule has 116 valence electrons. The van der Waals surface area contributed by atoms with E-state index in [1.807, 2.05) is 19.9 Å². The van der Waals surface area contributed by atoms with Crippen molar-refractivity contribution in [3.05, 3.63) is 41.5 Å². The van der Waals surface area contributed by atoms with Crippen molar-refractivity contribution in [3.63, 3.8) is 0 Å². The Labute approximate surface area is 130 Å². The predicted molar refractivity (Wildman–Crippen MR) is 85.4 cm³/mol. The van der Waals surface area contributed by atoms with Crippen LogP contribution in [0.4, 0.5) is 0 Å². The first-order valence-electron chi connectivity index (χ1n) is 6.86. The Hall–Kier alpha value is -2.74. The molecule has 0 aliphatic rings. The fraction of sp³-hybridized carbons (Fsp3) is 0.294. The van der Waals surface area contributed by atoms with Crippen molar-refractivity contribution < 1.29 is 14.6 Å². The minimum Gasteiger partial charge on any atom is -0.504 e. The van der Waals surface area contributed by atoms with Gasteiger partial charge < -0.3 is 15.2 Å². The minimum atomic E-state index is -0.435. The molecule has 0 heterocycles. The van der Waals surface area contributed by atoms with Gasteiger partial charge in [-0.25, -0.2) is 0 Å². The van der Waals surface area contributed by atoms with Gasteiger partial charge in [0.1, 0.15) is 11.6 Å². The molecule has 0 aromatic heterocycles. The van der Waals surface area contributed by atoms with Gasteiger partial charge in [0.15, 0.2) is 11.5 Å². The van der Waals surface area contributed by atoms with Gasteiger partial charge in [-0.1, -0.05) is 6.08 Å². The Balaban J connectivity index is 3.27. The molecule has 1 aromatic carbocycles. The van der Waals surface area contributed by atoms with Gasteiger partial charge in [-0.2, -0.15) is 5.26 Å². The Morgan fingerprint density at radius 2 is 2.23 bits per heavy atom. The van der Waals surface area contributed by atoms with Crippen LogP contribution < -0.4 is 10.1 Å². The van der Waals surface area contributed by atoms with Gasteiger partial charge in [-0.05, 0) is 44.0 Å². The van der Waals surface area contributed by atoms with E-state index in [2.05, 4.69) is 11.9 Å². The molecule has 0 unspecified atom stereocenters. The maximum absolute atomic E-state index is 11.9. The van der Waals surface area contributed by atoms with Crippen LogP contribution in [0.1, 0.15) is 25.0 Å². The molecule has 1 aromatic rings. The lowest BCUT2D eigenvalue weighted by molar-refractivity contribution is -0.117. The van der Waals surface area contributed by atoms with E-state index in [4.69, 9.17) is 10.00 Å². The van der Waals surface area contributed by atoms with Crippen LogP contribution in [-0.4, -0.2) is 24.2 Å². The quantitative estimate of drug-likeness (QED) is 0.480. The van der Waals surface area contributed by atoms with E-state index in [0.717, 1.165) is 0 Å². The average molecular weight is 300 g/mol. The van der Waals surface area contributed by atoms with Crippen LogP contribution in [0.3, 0.4) is 0 Å². The zero-order valence-electron chi connectivity index (χ0n) is 13.0. The molecule has 0 aliphatic heterocycles. The second-order valence-corrected chi connectivity index (χ2v) is 5.02. The number of nitrogens with zero attached hydrogens (tertiary/aromatic N) is 1. The lowest BCUT2D eigenvalue weighted by Gasteiger charge is -2.10. The Bertz CT molecular complexity index is 640. The number of carbonyl (C=O) groups is 1. The molecule has 22 heavy (non-hydrogen) atoms. The van der Waals surface area contributed by atoms with Crippen LogP contribution >= 0.6 is 0 Å². The number of hydrogen-bond acceptors (Lipinski definition) is 4. The van der Waals surface area contributed by atoms with Gasteiger partial charge in [0.25, 0.3) is 5.91 Å². The monoisotopic (exact) mass is 300 g/mol. The number of benzene rings is 1. The summed E-state index contributed by atoms with van der Waals surface area (Å²) in [6, 6.07) is 5.09. The maximum Gasteiger partial charge on any atom is 0.262 e. The second-order valence-electron chi connectivity index (χ2n) is 5.02. The van der Waals surface area contributed by atoms with Crippen molar-refractivity contribution in [2.45, 2.75) is 26.3 Å². The summed E-state index contributed by atoms with van der Waals surface area (Å²) in [6.45, 7) is 7.27. The fourth-order valence-corrected chi connectivity index (χ4v) is 1.89. The molecule has 0 fully saturated rings. The first-order valence-corrected chi connectivity index (χ1v) is 6.86. The van der Waals surface area contributed by atoms with E-state index >= 15 is 0 Å². The van der Waals surface area contributed by atoms with Crippen molar-refractivity contribution in [1.29, 1.82) is 5.26 Å². The lowest BCUT2D eigenvalue weighted by atomic mass is 10.0. The molecular weight excluding hydrogens is 280 g/mol. The summed E-state index contributed by atoms with van der Waals surface area (Å²) in [5, 5.41) is 21.8. The van der Waals surface area contributed by atoms with Gasteiger partial charge in [0, 0.05) is 11.6 Å². The summed E-state index contributed by atoms with van der Waals surface area (Å²) in [5.74, 6) is -0.119. The maximum atomic E-state index is 11.9. The molecule has 0 bridgehead atoms. The number of rotatable bonds is 6. The highest BCUT2D eigenvalue weighted by Gasteiger charge is 2.13. The highest BCUT2D eigenvalue weighted by atomic mass is 16.5. The average Bonchev–Trinajstić information content (AvgIpc) is 2.46. The molecule has 0 atom stereocenters. The fourth-order valence-electron chi connectivity index (χ4n) is 1.89. The van der Waals surface area contributed by atoms with Gasteiger partial charge in [0.2, 0.25) is 0 Å². The van der Waals surface area contributed by atoms with Crippen molar-refractivity contribution in [2.75, 3.05) is 7.11 Å². The van der Waals surface area contributed by atoms with Crippen molar-refractivity contribution in [3.8, 4) is 17.6 Å². The molecular formula is C17H20N2O3. The van der Waals surface area contributed by atoms with E-state index in [1.54, 1.807) is 18.2 Å². The normalized spacial score (nSPS) is 11.0. The molecule has 0 saturated carbocycles. The van der Waals surface area contributed by atoms with Gasteiger partial charge >= 0.3 is 0 Å². The van der Waals surface area contributed by atoms with Crippen LogP contribution in [0.15, 0.2) is 30.4 Å². The smallest absolute Gasteiger partial charge is 0.262 e. The van der Waals surface area contributed by atoms with Gasteiger partial charge in [0.05, 0.1) is 7.11 Å². The van der Waals surface area contributed by atoms with Crippen molar-refractivity contribution in [1.82, 2.24) is 5.32 Å². The number of phenols is 1. The standard InChI is InChI=1S/C17H20N2O3/c1-5-6-13-7-12(9-15(22-4)16(13)20)8-14(10-18)17(21)19-11(2)3/h5,7-9,11,20H,1,6H2,2-4H3,(H,19,21)/b14-8+. The van der Waals surface area contributed by atoms with Crippen LogP contribution in [0.2, 0.25) is 0 Å². The zero-order valence-corrected chi connectivity index (χ0v) is 13.0. The lowest BCUT2D eigenvalue weighted by Crippen LogP contribution is -2.30. The first kappa shape index (κ1) is 17.3. The topological polar surface area (TPSA) is 82.4 Å². The highest BCUT2D eigenvalue weighted by molar-refractivity contribution is 6.01. The third-order valence-electron chi connectivity index (χ3n) is 2.86. The number of phenolic OH excluding ortho intramolecular Hbond substituents is 1. The highest BCUT2D eigenvalue weighted by Crippen LogP contribution is 2.32. The summed E-state index contributed by atoms with van der Waals surface area (Å²) in [5.41, 5.74) is 1.20. The van der Waals surface area contributed by atoms with Crippen LogP contribution in [0.25, 0.3) is 6.08 Å². The van der Waals surface area contributed by atoms with E-state index in [0.29, 0.717) is 17.5 Å². The molecule has 0 saturated heterocycles. The van der Waals surface area contributed by atoms with Crippen molar-refractivity contribution in [2.24, 2.45) is 0 Å². The number of aromatic hydroxyl groups is 1. The Morgan fingerprint density at radius 3 is 2.73 bits per heavy atom. The minimum absolute atomic E-state index is 0.00834. The number of methoxy groups -OCH3 is 1. The van der Waals surface area contributed by atoms with Gasteiger partial charge in [-0.3, -0.25) is 4.79 Å². The largest absolute Gasteiger partial charge is 0.504 e. The molecule has 1 amide bonds. The van der Waals surface area contributed by atoms with Crippen LogP contribution in [-0.2, 0) is 11.2 Å². The Morgan fingerprint density at radius 1 is 1.55 bits per heavy atom. The molecule has 5 nitrogen and oxygen atoms in total. The Kier molecular flexibility index (Phi) is 6.21. The van der Waals surface area contributed by atoms with E-state index in [1.165, 1.54) is 13.2 Å². The summed E-state index contributed by atoms with van der Waals surface area (Å²) in [7, 11) is 1.44. The third-order valence-corrected chi connectivity index (χ3v) is 2.86. The molecule has 1 rings (SSSR count). The zero-order chi connectivity index (χ0) is 16.7. The molecule has 0 spiro atoms. The number of hydrogen-bond donors (Lipinski definition) is 2. The number of carbonyl (C=O) groups excluding carboxylic acids is 1.